The maximum Gasteiger partial charge on any atom is 0.247 e. The Bertz CT molecular complexity index is 324. The van der Waals surface area contributed by atoms with E-state index in [-0.39, 0.29) is 0 Å². The van der Waals surface area contributed by atoms with Crippen LogP contribution in [0, 0.1) is 0 Å². The molecule has 0 spiro atoms. The lowest BCUT2D eigenvalue weighted by Gasteiger charge is -2.22. The lowest BCUT2D eigenvalue weighted by atomic mass is 10.2. The summed E-state index contributed by atoms with van der Waals surface area (Å²) in [7, 11) is -0.869. The number of rotatable bonds is 2. The van der Waals surface area contributed by atoms with Gasteiger partial charge in [-0.05, 0) is 23.2 Å². The van der Waals surface area contributed by atoms with Crippen LogP contribution in [0.15, 0.2) is 24.3 Å². The molecule has 0 aliphatic carbocycles. The third kappa shape index (κ3) is 2.75. The molecule has 1 aromatic carbocycles. The summed E-state index contributed by atoms with van der Waals surface area (Å²) in [6.07, 6.45) is 2.44. The summed E-state index contributed by atoms with van der Waals surface area (Å²) in [4.78, 5) is -0.441. The van der Waals surface area contributed by atoms with Crippen molar-refractivity contribution in [2.75, 3.05) is 6.61 Å². The van der Waals surface area contributed by atoms with Gasteiger partial charge in [-0.25, -0.2) is 0 Å². The van der Waals surface area contributed by atoms with E-state index in [1.165, 1.54) is 24.1 Å². The van der Waals surface area contributed by atoms with Crippen LogP contribution in [-0.2, 0) is 4.43 Å². The molecule has 1 aliphatic heterocycles. The third-order valence-electron chi connectivity index (χ3n) is 2.57. The topological polar surface area (TPSA) is 9.23 Å². The largest absolute Gasteiger partial charge is 0.412 e. The van der Waals surface area contributed by atoms with Gasteiger partial charge in [0.25, 0.3) is 0 Å². The standard InChI is InChI=1S/C11H13Cl2OSi/c12-11(13)9-5-1-2-6-10(9)15-8-4-3-7-14-15/h1-2,5-6,11H,3-4,7-8H2. The highest BCUT2D eigenvalue weighted by Gasteiger charge is 2.23. The zero-order valence-electron chi connectivity index (χ0n) is 8.38. The first-order valence-electron chi connectivity index (χ1n) is 5.15. The Hall–Kier alpha value is -0.0231. The Morgan fingerprint density at radius 1 is 1.20 bits per heavy atom. The monoisotopic (exact) mass is 259 g/mol. The normalized spacial score (nSPS) is 18.3. The first-order chi connectivity index (χ1) is 7.29. The number of benzene rings is 1. The molecule has 1 aliphatic rings. The van der Waals surface area contributed by atoms with Crippen LogP contribution in [0.25, 0.3) is 0 Å². The van der Waals surface area contributed by atoms with E-state index in [0.717, 1.165) is 12.2 Å². The Morgan fingerprint density at radius 2 is 2.00 bits per heavy atom. The van der Waals surface area contributed by atoms with Crippen LogP contribution >= 0.6 is 23.2 Å². The lowest BCUT2D eigenvalue weighted by molar-refractivity contribution is 0.294. The van der Waals surface area contributed by atoms with E-state index in [2.05, 4.69) is 6.07 Å². The fraction of sp³-hybridized carbons (Fsp3) is 0.455. The molecular weight excluding hydrogens is 247 g/mol. The molecule has 0 unspecified atom stereocenters. The number of hydrogen-bond donors (Lipinski definition) is 0. The second-order valence-electron chi connectivity index (χ2n) is 3.62. The van der Waals surface area contributed by atoms with E-state index >= 15 is 0 Å². The molecule has 0 atom stereocenters. The van der Waals surface area contributed by atoms with Gasteiger partial charge in [0, 0.05) is 6.61 Å². The van der Waals surface area contributed by atoms with Gasteiger partial charge in [0.15, 0.2) is 0 Å². The van der Waals surface area contributed by atoms with E-state index in [9.17, 15) is 0 Å². The van der Waals surface area contributed by atoms with Gasteiger partial charge in [-0.1, -0.05) is 30.7 Å². The molecule has 1 radical (unpaired) electrons. The minimum atomic E-state index is -0.869. The highest BCUT2D eigenvalue weighted by molar-refractivity contribution is 6.68. The highest BCUT2D eigenvalue weighted by Crippen LogP contribution is 2.24. The van der Waals surface area contributed by atoms with Gasteiger partial charge in [-0.3, -0.25) is 0 Å². The maximum absolute atomic E-state index is 5.95. The molecule has 0 bridgehead atoms. The molecule has 4 heteroatoms. The van der Waals surface area contributed by atoms with Crippen molar-refractivity contribution in [2.45, 2.75) is 23.7 Å². The van der Waals surface area contributed by atoms with Gasteiger partial charge in [0.2, 0.25) is 9.04 Å². The number of hydrogen-bond acceptors (Lipinski definition) is 1. The van der Waals surface area contributed by atoms with Crippen molar-refractivity contribution >= 4 is 37.4 Å². The summed E-state index contributed by atoms with van der Waals surface area (Å²) in [6.45, 7) is 0.887. The molecule has 0 amide bonds. The van der Waals surface area contributed by atoms with Crippen molar-refractivity contribution in [2.24, 2.45) is 0 Å². The van der Waals surface area contributed by atoms with E-state index in [1.54, 1.807) is 0 Å². The average molecular weight is 260 g/mol. The average Bonchev–Trinajstić information content (AvgIpc) is 2.30. The molecule has 81 valence electrons. The van der Waals surface area contributed by atoms with E-state index in [0.29, 0.717) is 0 Å². The maximum atomic E-state index is 5.95. The Morgan fingerprint density at radius 3 is 2.67 bits per heavy atom. The molecular formula is C11H13Cl2OSi. The van der Waals surface area contributed by atoms with Crippen molar-refractivity contribution in [1.82, 2.24) is 0 Å². The number of alkyl halides is 2. The van der Waals surface area contributed by atoms with Crippen molar-refractivity contribution in [3.8, 4) is 0 Å². The quantitative estimate of drug-likeness (QED) is 0.586. The fourth-order valence-electron chi connectivity index (χ4n) is 1.81. The van der Waals surface area contributed by atoms with Crippen LogP contribution in [0.5, 0.6) is 0 Å². The van der Waals surface area contributed by atoms with Gasteiger partial charge in [0.1, 0.15) is 4.84 Å². The molecule has 1 nitrogen and oxygen atoms in total. The summed E-state index contributed by atoms with van der Waals surface area (Å²) in [5.41, 5.74) is 1.02. The van der Waals surface area contributed by atoms with Crippen LogP contribution in [0.4, 0.5) is 0 Å². The van der Waals surface area contributed by atoms with Crippen LogP contribution in [0.3, 0.4) is 0 Å². The van der Waals surface area contributed by atoms with Gasteiger partial charge < -0.3 is 4.43 Å². The predicted octanol–water partition coefficient (Wildman–Crippen LogP) is 3.17. The molecule has 2 rings (SSSR count). The summed E-state index contributed by atoms with van der Waals surface area (Å²) in [5.74, 6) is 0. The van der Waals surface area contributed by atoms with E-state index in [4.69, 9.17) is 27.6 Å². The minimum absolute atomic E-state index is 0.441. The van der Waals surface area contributed by atoms with Crippen LogP contribution < -0.4 is 5.19 Å². The SMILES string of the molecule is ClC(Cl)c1ccccc1[Si]1CCCCO1. The van der Waals surface area contributed by atoms with Crippen molar-refractivity contribution in [1.29, 1.82) is 0 Å². The number of halogens is 2. The van der Waals surface area contributed by atoms with Gasteiger partial charge in [0.05, 0.1) is 0 Å². The van der Waals surface area contributed by atoms with Crippen molar-refractivity contribution in [3.63, 3.8) is 0 Å². The molecule has 1 aromatic rings. The predicted molar refractivity (Wildman–Crippen MR) is 66.3 cm³/mol. The van der Waals surface area contributed by atoms with Gasteiger partial charge >= 0.3 is 0 Å². The van der Waals surface area contributed by atoms with Gasteiger partial charge in [-0.15, -0.1) is 23.2 Å². The second kappa shape index (κ2) is 5.35. The van der Waals surface area contributed by atoms with Crippen LogP contribution in [-0.4, -0.2) is 15.6 Å². The summed E-state index contributed by atoms with van der Waals surface area (Å²) < 4.78 is 5.84. The lowest BCUT2D eigenvalue weighted by Crippen LogP contribution is -2.38. The van der Waals surface area contributed by atoms with Crippen LogP contribution in [0.1, 0.15) is 23.2 Å². The fourth-order valence-corrected chi connectivity index (χ4v) is 4.74. The van der Waals surface area contributed by atoms with Crippen molar-refractivity contribution in [3.05, 3.63) is 29.8 Å². The van der Waals surface area contributed by atoms with Gasteiger partial charge in [-0.2, -0.15) is 0 Å². The Kier molecular flexibility index (Phi) is 4.09. The first-order valence-corrected chi connectivity index (χ1v) is 7.64. The second-order valence-corrected chi connectivity index (χ2v) is 6.89. The molecule has 0 aromatic heterocycles. The van der Waals surface area contributed by atoms with E-state index in [1.807, 2.05) is 18.2 Å². The molecule has 0 saturated carbocycles. The molecule has 0 N–H and O–H groups in total. The zero-order chi connectivity index (χ0) is 10.7. The summed E-state index contributed by atoms with van der Waals surface area (Å²) >= 11 is 11.9. The Labute approximate surface area is 102 Å². The van der Waals surface area contributed by atoms with Crippen LogP contribution in [0.2, 0.25) is 6.04 Å². The first kappa shape index (κ1) is 11.5. The Balaban J connectivity index is 2.25. The van der Waals surface area contributed by atoms with E-state index < -0.39 is 13.9 Å². The summed E-state index contributed by atoms with van der Waals surface area (Å²) in [5, 5.41) is 1.25. The molecule has 1 saturated heterocycles. The van der Waals surface area contributed by atoms with Crippen molar-refractivity contribution < 1.29 is 4.43 Å². The summed E-state index contributed by atoms with van der Waals surface area (Å²) in [6, 6.07) is 9.27. The minimum Gasteiger partial charge on any atom is -0.412 e. The molecule has 15 heavy (non-hydrogen) atoms. The molecule has 1 fully saturated rings. The highest BCUT2D eigenvalue weighted by atomic mass is 35.5. The third-order valence-corrected chi connectivity index (χ3v) is 5.46. The molecule has 1 heterocycles. The smallest absolute Gasteiger partial charge is 0.247 e. The zero-order valence-corrected chi connectivity index (χ0v) is 10.9.